The Morgan fingerprint density at radius 2 is 1.68 bits per heavy atom. The van der Waals surface area contributed by atoms with Crippen LogP contribution in [0.15, 0.2) is 67.1 Å². The molecule has 3 rings (SSSR count). The molecule has 0 aliphatic heterocycles. The molecule has 0 bridgehead atoms. The van der Waals surface area contributed by atoms with Crippen LogP contribution in [0.4, 0.5) is 0 Å². The van der Waals surface area contributed by atoms with E-state index in [9.17, 15) is 4.79 Å². The fraction of sp³-hybridized carbons (Fsp3) is 0.158. The second kappa shape index (κ2) is 6.85. The summed E-state index contributed by atoms with van der Waals surface area (Å²) in [6.07, 6.45) is 6.99. The Morgan fingerprint density at radius 1 is 0.955 bits per heavy atom. The van der Waals surface area contributed by atoms with Gasteiger partial charge < -0.3 is 4.57 Å². The maximum atomic E-state index is 10.4. The standard InChI is InChI=1S/C19H17N2O/c22-13-11-17-8-6-16(7-9-17)10-12-21-15-20-14-19(21)18-4-2-1-3-5-18/h1-9,14-15H,10-12H2. The zero-order chi connectivity index (χ0) is 15.2. The Labute approximate surface area is 130 Å². The van der Waals surface area contributed by atoms with E-state index >= 15 is 0 Å². The molecule has 0 aliphatic carbocycles. The molecular weight excluding hydrogens is 272 g/mol. The molecule has 1 aromatic heterocycles. The number of benzene rings is 2. The Morgan fingerprint density at radius 3 is 2.41 bits per heavy atom. The van der Waals surface area contributed by atoms with Crippen molar-refractivity contribution in [2.45, 2.75) is 19.4 Å². The van der Waals surface area contributed by atoms with Gasteiger partial charge in [-0.25, -0.2) is 4.98 Å². The topological polar surface area (TPSA) is 34.9 Å². The summed E-state index contributed by atoms with van der Waals surface area (Å²) < 4.78 is 2.17. The van der Waals surface area contributed by atoms with Crippen LogP contribution in [0.1, 0.15) is 11.1 Å². The summed E-state index contributed by atoms with van der Waals surface area (Å²) in [5.41, 5.74) is 4.57. The quantitative estimate of drug-likeness (QED) is 0.696. The van der Waals surface area contributed by atoms with E-state index in [-0.39, 0.29) is 0 Å². The molecule has 2 aromatic carbocycles. The van der Waals surface area contributed by atoms with E-state index in [1.807, 2.05) is 49.1 Å². The maximum Gasteiger partial charge on any atom is 0.203 e. The van der Waals surface area contributed by atoms with Crippen LogP contribution in [0.25, 0.3) is 11.3 Å². The summed E-state index contributed by atoms with van der Waals surface area (Å²) in [7, 11) is 0. The lowest BCUT2D eigenvalue weighted by atomic mass is 10.1. The molecule has 3 aromatic rings. The monoisotopic (exact) mass is 289 g/mol. The number of rotatable bonds is 6. The third kappa shape index (κ3) is 3.31. The average Bonchev–Trinajstić information content (AvgIpc) is 3.04. The van der Waals surface area contributed by atoms with Crippen molar-refractivity contribution < 1.29 is 4.79 Å². The van der Waals surface area contributed by atoms with Crippen LogP contribution in [0, 0.1) is 0 Å². The maximum absolute atomic E-state index is 10.4. The van der Waals surface area contributed by atoms with Crippen molar-refractivity contribution >= 4 is 6.29 Å². The number of aryl methyl sites for hydroxylation is 2. The van der Waals surface area contributed by atoms with Crippen LogP contribution in [0.5, 0.6) is 0 Å². The molecule has 0 fully saturated rings. The first-order chi connectivity index (χ1) is 10.9. The van der Waals surface area contributed by atoms with Crippen molar-refractivity contribution in [2.24, 2.45) is 0 Å². The highest BCUT2D eigenvalue weighted by Crippen LogP contribution is 2.18. The van der Waals surface area contributed by atoms with E-state index in [2.05, 4.69) is 33.8 Å². The SMILES string of the molecule is O=[C]Cc1ccc(CCn2cncc2-c2ccccc2)cc1. The highest BCUT2D eigenvalue weighted by atomic mass is 16.1. The lowest BCUT2D eigenvalue weighted by molar-refractivity contribution is 0.555. The van der Waals surface area contributed by atoms with E-state index in [4.69, 9.17) is 0 Å². The number of nitrogens with zero attached hydrogens (tertiary/aromatic N) is 2. The van der Waals surface area contributed by atoms with E-state index in [1.165, 1.54) is 11.1 Å². The molecule has 0 atom stereocenters. The highest BCUT2D eigenvalue weighted by molar-refractivity contribution is 5.58. The van der Waals surface area contributed by atoms with Gasteiger partial charge in [-0.05, 0) is 23.1 Å². The van der Waals surface area contributed by atoms with Gasteiger partial charge in [-0.3, -0.25) is 4.79 Å². The molecule has 0 N–H and O–H groups in total. The Kier molecular flexibility index (Phi) is 4.44. The third-order valence-corrected chi connectivity index (χ3v) is 3.72. The van der Waals surface area contributed by atoms with Crippen LogP contribution in [0.2, 0.25) is 0 Å². The Bertz CT molecular complexity index is 730. The molecule has 22 heavy (non-hydrogen) atoms. The minimum atomic E-state index is 0.361. The Hall–Kier alpha value is -2.68. The van der Waals surface area contributed by atoms with Crippen molar-refractivity contribution in [1.29, 1.82) is 0 Å². The normalized spacial score (nSPS) is 10.5. The smallest absolute Gasteiger partial charge is 0.203 e. The second-order valence-electron chi connectivity index (χ2n) is 5.23. The van der Waals surface area contributed by atoms with Crippen molar-refractivity contribution in [3.8, 4) is 11.3 Å². The molecule has 0 amide bonds. The minimum Gasteiger partial charge on any atom is -0.330 e. The molecule has 1 heterocycles. The van der Waals surface area contributed by atoms with Gasteiger partial charge in [-0.1, -0.05) is 54.6 Å². The lowest BCUT2D eigenvalue weighted by Crippen LogP contribution is -2.02. The zero-order valence-electron chi connectivity index (χ0n) is 12.3. The fourth-order valence-electron chi connectivity index (χ4n) is 2.50. The van der Waals surface area contributed by atoms with Gasteiger partial charge in [0.15, 0.2) is 0 Å². The van der Waals surface area contributed by atoms with Crippen molar-refractivity contribution in [3.63, 3.8) is 0 Å². The predicted octanol–water partition coefficient (Wildman–Crippen LogP) is 3.45. The zero-order valence-corrected chi connectivity index (χ0v) is 12.3. The summed E-state index contributed by atoms with van der Waals surface area (Å²) in [5, 5.41) is 0. The number of aromatic nitrogens is 2. The molecule has 1 radical (unpaired) electrons. The molecule has 0 saturated heterocycles. The lowest BCUT2D eigenvalue weighted by Gasteiger charge is -2.08. The van der Waals surface area contributed by atoms with Crippen molar-refractivity contribution in [1.82, 2.24) is 9.55 Å². The summed E-state index contributed by atoms with van der Waals surface area (Å²) in [4.78, 5) is 14.6. The Balaban J connectivity index is 1.70. The molecule has 3 nitrogen and oxygen atoms in total. The second-order valence-corrected chi connectivity index (χ2v) is 5.23. The van der Waals surface area contributed by atoms with Gasteiger partial charge in [0.1, 0.15) is 0 Å². The van der Waals surface area contributed by atoms with Gasteiger partial charge in [0.2, 0.25) is 6.29 Å². The average molecular weight is 289 g/mol. The summed E-state index contributed by atoms with van der Waals surface area (Å²) >= 11 is 0. The van der Waals surface area contributed by atoms with Gasteiger partial charge in [0, 0.05) is 13.0 Å². The van der Waals surface area contributed by atoms with Crippen LogP contribution in [-0.2, 0) is 24.2 Å². The van der Waals surface area contributed by atoms with E-state index in [0.717, 1.165) is 24.2 Å². The third-order valence-electron chi connectivity index (χ3n) is 3.72. The van der Waals surface area contributed by atoms with Crippen LogP contribution in [-0.4, -0.2) is 15.8 Å². The summed E-state index contributed by atoms with van der Waals surface area (Å²) in [6.45, 7) is 0.878. The molecule has 109 valence electrons. The number of hydrogen-bond donors (Lipinski definition) is 0. The summed E-state index contributed by atoms with van der Waals surface area (Å²) in [5.74, 6) is 0. The highest BCUT2D eigenvalue weighted by Gasteiger charge is 2.04. The number of imidazole rings is 1. The molecule has 0 aliphatic rings. The van der Waals surface area contributed by atoms with E-state index in [1.54, 1.807) is 0 Å². The van der Waals surface area contributed by atoms with Gasteiger partial charge >= 0.3 is 0 Å². The van der Waals surface area contributed by atoms with Crippen molar-refractivity contribution in [2.75, 3.05) is 0 Å². The fourth-order valence-corrected chi connectivity index (χ4v) is 2.50. The molecule has 3 heteroatoms. The first kappa shape index (κ1) is 14.3. The van der Waals surface area contributed by atoms with Crippen LogP contribution < -0.4 is 0 Å². The first-order valence-corrected chi connectivity index (χ1v) is 7.35. The van der Waals surface area contributed by atoms with E-state index in [0.29, 0.717) is 6.42 Å². The molecular formula is C19H17N2O. The van der Waals surface area contributed by atoms with Gasteiger partial charge in [-0.15, -0.1) is 0 Å². The predicted molar refractivity (Wildman–Crippen MR) is 87.2 cm³/mol. The van der Waals surface area contributed by atoms with Gasteiger partial charge in [0.05, 0.1) is 18.2 Å². The number of hydrogen-bond acceptors (Lipinski definition) is 2. The van der Waals surface area contributed by atoms with E-state index < -0.39 is 0 Å². The minimum absolute atomic E-state index is 0.361. The number of carbonyl (C=O) groups excluding carboxylic acids is 1. The van der Waals surface area contributed by atoms with Crippen LogP contribution in [0.3, 0.4) is 0 Å². The van der Waals surface area contributed by atoms with Crippen LogP contribution >= 0.6 is 0 Å². The molecule has 0 saturated carbocycles. The van der Waals surface area contributed by atoms with Crippen molar-refractivity contribution in [3.05, 3.63) is 78.2 Å². The molecule has 0 unspecified atom stereocenters. The van der Waals surface area contributed by atoms with Gasteiger partial charge in [-0.2, -0.15) is 0 Å². The summed E-state index contributed by atoms with van der Waals surface area (Å²) in [6, 6.07) is 18.4. The largest absolute Gasteiger partial charge is 0.330 e. The first-order valence-electron chi connectivity index (χ1n) is 7.35. The van der Waals surface area contributed by atoms with Gasteiger partial charge in [0.25, 0.3) is 0 Å². The molecule has 0 spiro atoms.